The average molecular weight is 351 g/mol. The Morgan fingerprint density at radius 2 is 1.68 bits per heavy atom. The Balaban J connectivity index is 1.75. The molecule has 0 atom stereocenters. The van der Waals surface area contributed by atoms with Gasteiger partial charge in [-0.15, -0.1) is 0 Å². The molecule has 0 spiro atoms. The van der Waals surface area contributed by atoms with Crippen LogP contribution in [0.3, 0.4) is 0 Å². The maximum Gasteiger partial charge on any atom is 0.241 e. The van der Waals surface area contributed by atoms with E-state index >= 15 is 0 Å². The summed E-state index contributed by atoms with van der Waals surface area (Å²) >= 11 is 0. The second kappa shape index (κ2) is 7.39. The minimum atomic E-state index is -3.61. The highest BCUT2D eigenvalue weighted by Gasteiger charge is 2.13. The molecule has 0 saturated heterocycles. The Morgan fingerprint density at radius 3 is 2.48 bits per heavy atom. The van der Waals surface area contributed by atoms with Crippen LogP contribution in [-0.4, -0.2) is 22.1 Å². The van der Waals surface area contributed by atoms with Gasteiger partial charge < -0.3 is 4.74 Å². The molecule has 0 saturated carbocycles. The molecule has 0 bridgehead atoms. The van der Waals surface area contributed by atoms with Crippen LogP contribution in [0.15, 0.2) is 71.6 Å². The molecule has 5 heteroatoms. The molecule has 0 unspecified atom stereocenters. The summed E-state index contributed by atoms with van der Waals surface area (Å²) in [5, 5.41) is 1.88. The number of methoxy groups -OCH3 is 1. The molecule has 0 fully saturated rings. The summed E-state index contributed by atoms with van der Waals surface area (Å²) in [7, 11) is -2.03. The molecule has 1 N–H and O–H groups in total. The average Bonchev–Trinajstić information content (AvgIpc) is 2.65. The van der Waals surface area contributed by atoms with Gasteiger partial charge in [0, 0.05) is 0 Å². The largest absolute Gasteiger partial charge is 0.495 e. The monoisotopic (exact) mass is 351 g/mol. The minimum absolute atomic E-state index is 0.0210. The number of ether oxygens (including phenoxy) is 1. The summed E-state index contributed by atoms with van der Waals surface area (Å²) < 4.78 is 32.5. The maximum absolute atomic E-state index is 12.4. The Hall–Kier alpha value is -2.81. The van der Waals surface area contributed by atoms with Crippen molar-refractivity contribution < 1.29 is 13.2 Å². The van der Waals surface area contributed by atoms with Crippen LogP contribution < -0.4 is 9.46 Å². The van der Waals surface area contributed by atoms with Crippen LogP contribution in [-0.2, 0) is 10.0 Å². The number of rotatable bonds is 4. The number of sulfonamides is 1. The van der Waals surface area contributed by atoms with E-state index in [-0.39, 0.29) is 11.4 Å². The van der Waals surface area contributed by atoms with Crippen molar-refractivity contribution in [3.05, 3.63) is 72.3 Å². The van der Waals surface area contributed by atoms with Crippen LogP contribution in [0.25, 0.3) is 10.8 Å². The molecular formula is C20H17NO3S. The Kier molecular flexibility index (Phi) is 5.03. The van der Waals surface area contributed by atoms with Crippen LogP contribution in [0, 0.1) is 11.8 Å². The number of fused-ring (bicyclic) bond motifs is 1. The Bertz CT molecular complexity index is 1060. The lowest BCUT2D eigenvalue weighted by Gasteiger charge is -2.05. The molecule has 25 heavy (non-hydrogen) atoms. The third-order valence-corrected chi connectivity index (χ3v) is 5.11. The highest BCUT2D eigenvalue weighted by molar-refractivity contribution is 7.89. The fourth-order valence-corrected chi connectivity index (χ4v) is 3.39. The van der Waals surface area contributed by atoms with E-state index in [0.717, 1.165) is 16.3 Å². The summed E-state index contributed by atoms with van der Waals surface area (Å²) in [6, 6.07) is 20.0. The fraction of sp³-hybridized carbons (Fsp3) is 0.100. The van der Waals surface area contributed by atoms with E-state index in [1.165, 1.54) is 0 Å². The molecule has 0 heterocycles. The molecule has 0 aliphatic carbocycles. The van der Waals surface area contributed by atoms with Crippen molar-refractivity contribution in [2.75, 3.05) is 13.7 Å². The van der Waals surface area contributed by atoms with Crippen molar-refractivity contribution in [2.24, 2.45) is 0 Å². The van der Waals surface area contributed by atoms with E-state index in [1.54, 1.807) is 25.3 Å². The lowest BCUT2D eigenvalue weighted by Crippen LogP contribution is -2.23. The van der Waals surface area contributed by atoms with Gasteiger partial charge in [-0.05, 0) is 35.0 Å². The molecule has 0 amide bonds. The Labute approximate surface area is 147 Å². The quantitative estimate of drug-likeness (QED) is 0.735. The van der Waals surface area contributed by atoms with Gasteiger partial charge in [0.1, 0.15) is 5.75 Å². The van der Waals surface area contributed by atoms with Gasteiger partial charge in [-0.3, -0.25) is 0 Å². The summed E-state index contributed by atoms with van der Waals surface area (Å²) in [6.07, 6.45) is 0. The maximum atomic E-state index is 12.4. The first-order valence-corrected chi connectivity index (χ1v) is 9.19. The van der Waals surface area contributed by atoms with Gasteiger partial charge in [-0.25, -0.2) is 8.42 Å². The molecule has 3 aromatic rings. The van der Waals surface area contributed by atoms with Crippen molar-refractivity contribution in [3.8, 4) is 17.6 Å². The molecule has 0 aromatic heterocycles. The molecule has 0 radical (unpaired) electrons. The van der Waals surface area contributed by atoms with Gasteiger partial charge in [-0.2, -0.15) is 4.72 Å². The number of para-hydroxylation sites is 1. The second-order valence-corrected chi connectivity index (χ2v) is 7.10. The van der Waals surface area contributed by atoms with Crippen molar-refractivity contribution in [1.82, 2.24) is 4.72 Å². The van der Waals surface area contributed by atoms with Crippen LogP contribution in [0.5, 0.6) is 5.75 Å². The smallest absolute Gasteiger partial charge is 0.241 e. The predicted octanol–water partition coefficient (Wildman–Crippen LogP) is 3.18. The number of hydrogen-bond acceptors (Lipinski definition) is 3. The first-order chi connectivity index (χ1) is 12.1. The standard InChI is InChI=1S/C20H17NO3S/c1-24-20-11-5-4-8-17(20)10-6-14-21-25(22,23)19-13-12-16-7-2-3-9-18(16)15-19/h2-5,7-9,11-13,15,21H,14H2,1H3. The van der Waals surface area contributed by atoms with E-state index in [2.05, 4.69) is 16.6 Å². The van der Waals surface area contributed by atoms with Crippen LogP contribution in [0.1, 0.15) is 5.56 Å². The van der Waals surface area contributed by atoms with Crippen molar-refractivity contribution in [3.63, 3.8) is 0 Å². The highest BCUT2D eigenvalue weighted by Crippen LogP contribution is 2.19. The third kappa shape index (κ3) is 4.00. The summed E-state index contributed by atoms with van der Waals surface area (Å²) in [6.45, 7) is 0.0210. The van der Waals surface area contributed by atoms with Gasteiger partial charge in [-0.1, -0.05) is 54.3 Å². The summed E-state index contributed by atoms with van der Waals surface area (Å²) in [5.74, 6) is 6.39. The summed E-state index contributed by atoms with van der Waals surface area (Å²) in [4.78, 5) is 0.227. The van der Waals surface area contributed by atoms with Crippen molar-refractivity contribution in [2.45, 2.75) is 4.90 Å². The van der Waals surface area contributed by atoms with Crippen LogP contribution in [0.4, 0.5) is 0 Å². The molecule has 126 valence electrons. The second-order valence-electron chi connectivity index (χ2n) is 5.34. The van der Waals surface area contributed by atoms with Gasteiger partial charge in [0.05, 0.1) is 24.1 Å². The normalized spacial score (nSPS) is 10.9. The van der Waals surface area contributed by atoms with Gasteiger partial charge in [0.15, 0.2) is 0 Å². The van der Waals surface area contributed by atoms with E-state index < -0.39 is 10.0 Å². The number of hydrogen-bond donors (Lipinski definition) is 1. The first-order valence-electron chi connectivity index (χ1n) is 7.70. The topological polar surface area (TPSA) is 55.4 Å². The van der Waals surface area contributed by atoms with Crippen LogP contribution in [0.2, 0.25) is 0 Å². The Morgan fingerprint density at radius 1 is 0.960 bits per heavy atom. The van der Waals surface area contributed by atoms with Crippen molar-refractivity contribution >= 4 is 20.8 Å². The van der Waals surface area contributed by atoms with E-state index in [1.807, 2.05) is 48.5 Å². The predicted molar refractivity (Wildman–Crippen MR) is 99.0 cm³/mol. The zero-order chi connectivity index (χ0) is 17.7. The van der Waals surface area contributed by atoms with Gasteiger partial charge in [0.2, 0.25) is 10.0 Å². The fourth-order valence-electron chi connectivity index (χ4n) is 2.44. The third-order valence-electron chi connectivity index (χ3n) is 3.71. The lowest BCUT2D eigenvalue weighted by atomic mass is 10.1. The molecular weight excluding hydrogens is 334 g/mol. The molecule has 4 nitrogen and oxygen atoms in total. The number of benzene rings is 3. The highest BCUT2D eigenvalue weighted by atomic mass is 32.2. The zero-order valence-corrected chi connectivity index (χ0v) is 14.5. The summed E-state index contributed by atoms with van der Waals surface area (Å²) in [5.41, 5.74) is 0.718. The number of nitrogens with one attached hydrogen (secondary N) is 1. The molecule has 0 aliphatic heterocycles. The molecule has 0 aliphatic rings. The minimum Gasteiger partial charge on any atom is -0.495 e. The lowest BCUT2D eigenvalue weighted by molar-refractivity contribution is 0.413. The van der Waals surface area contributed by atoms with Crippen LogP contribution >= 0.6 is 0 Å². The first kappa shape index (κ1) is 17.0. The molecule has 3 rings (SSSR count). The van der Waals surface area contributed by atoms with Crippen molar-refractivity contribution in [1.29, 1.82) is 0 Å². The zero-order valence-electron chi connectivity index (χ0n) is 13.7. The van der Waals surface area contributed by atoms with Gasteiger partial charge >= 0.3 is 0 Å². The molecule has 3 aromatic carbocycles. The van der Waals surface area contributed by atoms with Gasteiger partial charge in [0.25, 0.3) is 0 Å². The SMILES string of the molecule is COc1ccccc1C#CCNS(=O)(=O)c1ccc2ccccc2c1. The van der Waals surface area contributed by atoms with E-state index in [0.29, 0.717) is 5.75 Å². The van der Waals surface area contributed by atoms with E-state index in [9.17, 15) is 8.42 Å². The van der Waals surface area contributed by atoms with E-state index in [4.69, 9.17) is 4.74 Å².